The Kier molecular flexibility index (Phi) is 3.36. The average molecular weight is 228 g/mol. The molecular formula is C12H12N4O. The van der Waals surface area contributed by atoms with Crippen molar-refractivity contribution in [3.8, 4) is 6.07 Å². The molecule has 0 unspecified atom stereocenters. The number of hydrogen-bond donors (Lipinski definition) is 2. The lowest BCUT2D eigenvalue weighted by Gasteiger charge is -2.03. The fraction of sp³-hybridized carbons (Fsp3) is 0.250. The first-order chi connectivity index (χ1) is 8.29. The highest BCUT2D eigenvalue weighted by Gasteiger charge is 2.01. The van der Waals surface area contributed by atoms with Crippen molar-refractivity contribution in [2.45, 2.75) is 12.8 Å². The van der Waals surface area contributed by atoms with Crippen LogP contribution in [0.2, 0.25) is 0 Å². The Morgan fingerprint density at radius 3 is 3.24 bits per heavy atom. The molecule has 0 aliphatic heterocycles. The maximum absolute atomic E-state index is 11.1. The molecule has 5 nitrogen and oxygen atoms in total. The molecule has 5 heteroatoms. The molecule has 1 aromatic heterocycles. The van der Waals surface area contributed by atoms with Gasteiger partial charge in [0, 0.05) is 6.54 Å². The molecule has 17 heavy (non-hydrogen) atoms. The van der Waals surface area contributed by atoms with E-state index in [4.69, 9.17) is 5.26 Å². The summed E-state index contributed by atoms with van der Waals surface area (Å²) in [5.74, 6) is -0.227. The van der Waals surface area contributed by atoms with Gasteiger partial charge in [-0.05, 0) is 24.1 Å². The summed E-state index contributed by atoms with van der Waals surface area (Å²) in [6.45, 7) is 0.542. The number of amides is 1. The zero-order valence-corrected chi connectivity index (χ0v) is 9.23. The molecule has 86 valence electrons. The lowest BCUT2D eigenvalue weighted by Crippen LogP contribution is -2.24. The van der Waals surface area contributed by atoms with E-state index in [1.807, 2.05) is 24.3 Å². The molecule has 0 radical (unpaired) electrons. The SMILES string of the molecule is N#CCC(=O)NCCc1ccc2nc[nH]c2c1. The van der Waals surface area contributed by atoms with Crippen LogP contribution in [0.3, 0.4) is 0 Å². The smallest absolute Gasteiger partial charge is 0.234 e. The largest absolute Gasteiger partial charge is 0.355 e. The molecular weight excluding hydrogens is 216 g/mol. The Bertz CT molecular complexity index is 567. The number of H-pyrrole nitrogens is 1. The van der Waals surface area contributed by atoms with Crippen molar-refractivity contribution < 1.29 is 4.79 Å². The van der Waals surface area contributed by atoms with Gasteiger partial charge in [-0.3, -0.25) is 4.79 Å². The molecule has 2 rings (SSSR count). The average Bonchev–Trinajstić information content (AvgIpc) is 2.76. The van der Waals surface area contributed by atoms with Gasteiger partial charge in [-0.25, -0.2) is 4.98 Å². The second kappa shape index (κ2) is 5.12. The first-order valence-corrected chi connectivity index (χ1v) is 5.35. The number of hydrogen-bond acceptors (Lipinski definition) is 3. The Labute approximate surface area is 98.5 Å². The maximum atomic E-state index is 11.1. The van der Waals surface area contributed by atoms with Crippen molar-refractivity contribution in [1.82, 2.24) is 15.3 Å². The van der Waals surface area contributed by atoms with Crippen LogP contribution in [0.4, 0.5) is 0 Å². The number of benzene rings is 1. The summed E-state index contributed by atoms with van der Waals surface area (Å²) in [6, 6.07) is 7.75. The fourth-order valence-electron chi connectivity index (χ4n) is 1.62. The predicted octanol–water partition coefficient (Wildman–Crippen LogP) is 1.14. The minimum absolute atomic E-state index is 0.0837. The van der Waals surface area contributed by atoms with Gasteiger partial charge < -0.3 is 10.3 Å². The number of aromatic amines is 1. The van der Waals surface area contributed by atoms with Crippen LogP contribution in [0.25, 0.3) is 11.0 Å². The van der Waals surface area contributed by atoms with Crippen LogP contribution in [-0.2, 0) is 11.2 Å². The van der Waals surface area contributed by atoms with Crippen molar-refractivity contribution in [2.24, 2.45) is 0 Å². The van der Waals surface area contributed by atoms with Gasteiger partial charge in [-0.2, -0.15) is 5.26 Å². The molecule has 0 saturated heterocycles. The molecule has 2 aromatic rings. The molecule has 2 N–H and O–H groups in total. The summed E-state index contributed by atoms with van der Waals surface area (Å²) in [6.07, 6.45) is 2.31. The topological polar surface area (TPSA) is 81.6 Å². The summed E-state index contributed by atoms with van der Waals surface area (Å²) in [5, 5.41) is 11.0. The summed E-state index contributed by atoms with van der Waals surface area (Å²) in [7, 11) is 0. The summed E-state index contributed by atoms with van der Waals surface area (Å²) >= 11 is 0. The van der Waals surface area contributed by atoms with Crippen molar-refractivity contribution in [1.29, 1.82) is 5.26 Å². The van der Waals surface area contributed by atoms with Crippen LogP contribution in [0.1, 0.15) is 12.0 Å². The van der Waals surface area contributed by atoms with Gasteiger partial charge in [-0.15, -0.1) is 0 Å². The first kappa shape index (κ1) is 11.1. The van der Waals surface area contributed by atoms with E-state index in [0.717, 1.165) is 23.0 Å². The summed E-state index contributed by atoms with van der Waals surface area (Å²) in [4.78, 5) is 18.2. The van der Waals surface area contributed by atoms with Crippen LogP contribution in [0.5, 0.6) is 0 Å². The summed E-state index contributed by atoms with van der Waals surface area (Å²) in [5.41, 5.74) is 3.05. The van der Waals surface area contributed by atoms with Crippen molar-refractivity contribution in [3.05, 3.63) is 30.1 Å². The van der Waals surface area contributed by atoms with Crippen molar-refractivity contribution in [2.75, 3.05) is 6.54 Å². The third kappa shape index (κ3) is 2.82. The van der Waals surface area contributed by atoms with Gasteiger partial charge in [0.1, 0.15) is 6.42 Å². The molecule has 0 atom stereocenters. The zero-order chi connectivity index (χ0) is 12.1. The van der Waals surface area contributed by atoms with E-state index >= 15 is 0 Å². The van der Waals surface area contributed by atoms with Crippen LogP contribution in [0.15, 0.2) is 24.5 Å². The van der Waals surface area contributed by atoms with E-state index in [9.17, 15) is 4.79 Å². The molecule has 1 aromatic carbocycles. The van der Waals surface area contributed by atoms with Gasteiger partial charge in [0.25, 0.3) is 0 Å². The minimum atomic E-state index is -0.227. The number of imidazole rings is 1. The molecule has 1 amide bonds. The van der Waals surface area contributed by atoms with E-state index in [-0.39, 0.29) is 12.3 Å². The Morgan fingerprint density at radius 1 is 1.53 bits per heavy atom. The van der Waals surface area contributed by atoms with Crippen molar-refractivity contribution >= 4 is 16.9 Å². The standard InChI is InChI=1S/C12H12N4O/c13-5-3-12(17)14-6-4-9-1-2-10-11(7-9)16-8-15-10/h1-2,7-8H,3-4,6H2,(H,14,17)(H,15,16). The predicted molar refractivity (Wildman–Crippen MR) is 63.0 cm³/mol. The van der Waals surface area contributed by atoms with Gasteiger partial charge in [0.15, 0.2) is 0 Å². The van der Waals surface area contributed by atoms with Gasteiger partial charge in [0.2, 0.25) is 5.91 Å². The number of rotatable bonds is 4. The van der Waals surface area contributed by atoms with E-state index in [1.54, 1.807) is 6.33 Å². The lowest BCUT2D eigenvalue weighted by atomic mass is 10.1. The zero-order valence-electron chi connectivity index (χ0n) is 9.23. The van der Waals surface area contributed by atoms with E-state index in [0.29, 0.717) is 6.54 Å². The van der Waals surface area contributed by atoms with Crippen LogP contribution in [0, 0.1) is 11.3 Å². The Morgan fingerprint density at radius 2 is 2.41 bits per heavy atom. The van der Waals surface area contributed by atoms with Gasteiger partial charge in [-0.1, -0.05) is 6.07 Å². The van der Waals surface area contributed by atoms with E-state index in [2.05, 4.69) is 15.3 Å². The number of carbonyl (C=O) groups is 1. The van der Waals surface area contributed by atoms with Crippen LogP contribution < -0.4 is 5.32 Å². The quantitative estimate of drug-likeness (QED) is 0.823. The number of nitrogens with zero attached hydrogens (tertiary/aromatic N) is 2. The number of nitrogens with one attached hydrogen (secondary N) is 2. The molecule has 0 fully saturated rings. The third-order valence-corrected chi connectivity index (χ3v) is 2.46. The highest BCUT2D eigenvalue weighted by molar-refractivity contribution is 5.78. The molecule has 1 heterocycles. The van der Waals surface area contributed by atoms with E-state index < -0.39 is 0 Å². The highest BCUT2D eigenvalue weighted by Crippen LogP contribution is 2.11. The first-order valence-electron chi connectivity index (χ1n) is 5.35. The fourth-order valence-corrected chi connectivity index (χ4v) is 1.62. The van der Waals surface area contributed by atoms with Crippen LogP contribution in [-0.4, -0.2) is 22.4 Å². The Balaban J connectivity index is 1.90. The molecule has 0 aliphatic rings. The number of carbonyl (C=O) groups excluding carboxylic acids is 1. The lowest BCUT2D eigenvalue weighted by molar-refractivity contribution is -0.120. The molecule has 0 bridgehead atoms. The number of aromatic nitrogens is 2. The molecule has 0 saturated carbocycles. The normalized spacial score (nSPS) is 10.1. The van der Waals surface area contributed by atoms with E-state index in [1.165, 1.54) is 0 Å². The Hall–Kier alpha value is -2.35. The van der Waals surface area contributed by atoms with Crippen LogP contribution >= 0.6 is 0 Å². The molecule has 0 spiro atoms. The second-order valence-electron chi connectivity index (χ2n) is 3.69. The minimum Gasteiger partial charge on any atom is -0.355 e. The highest BCUT2D eigenvalue weighted by atomic mass is 16.1. The maximum Gasteiger partial charge on any atom is 0.234 e. The second-order valence-corrected chi connectivity index (χ2v) is 3.69. The number of nitriles is 1. The molecule has 0 aliphatic carbocycles. The van der Waals surface area contributed by atoms with Crippen molar-refractivity contribution in [3.63, 3.8) is 0 Å². The van der Waals surface area contributed by atoms with Gasteiger partial charge >= 0.3 is 0 Å². The number of fused-ring (bicyclic) bond motifs is 1. The third-order valence-electron chi connectivity index (χ3n) is 2.46. The monoisotopic (exact) mass is 228 g/mol. The summed E-state index contributed by atoms with van der Waals surface area (Å²) < 4.78 is 0. The van der Waals surface area contributed by atoms with Gasteiger partial charge in [0.05, 0.1) is 23.4 Å².